The summed E-state index contributed by atoms with van der Waals surface area (Å²) in [5.74, 6) is 1.35. The van der Waals surface area contributed by atoms with Crippen molar-refractivity contribution in [1.29, 1.82) is 5.26 Å². The summed E-state index contributed by atoms with van der Waals surface area (Å²) in [6.07, 6.45) is 0. The normalized spacial score (nSPS) is 10.9. The Hall–Kier alpha value is -2.27. The van der Waals surface area contributed by atoms with Crippen LogP contribution in [0.25, 0.3) is 0 Å². The fourth-order valence-corrected chi connectivity index (χ4v) is 1.97. The lowest BCUT2D eigenvalue weighted by Gasteiger charge is -2.19. The minimum absolute atomic E-state index is 0.125. The molecule has 2 heteroatoms. The quantitative estimate of drug-likeness (QED) is 0.769. The van der Waals surface area contributed by atoms with E-state index in [-0.39, 0.29) is 5.41 Å². The first-order valence-electron chi connectivity index (χ1n) is 6.69. The summed E-state index contributed by atoms with van der Waals surface area (Å²) in [7, 11) is 0. The molecule has 0 bridgehead atoms. The summed E-state index contributed by atoms with van der Waals surface area (Å²) in [4.78, 5) is 0. The highest BCUT2D eigenvalue weighted by Gasteiger charge is 2.13. The molecule has 2 aromatic rings. The zero-order valence-electron chi connectivity index (χ0n) is 12.4. The molecule has 0 aliphatic rings. The lowest BCUT2D eigenvalue weighted by atomic mass is 9.87. The zero-order chi connectivity index (χ0) is 14.8. The summed E-state index contributed by atoms with van der Waals surface area (Å²) in [5.41, 5.74) is 3.00. The Morgan fingerprint density at radius 2 is 1.65 bits per heavy atom. The molecule has 0 fully saturated rings. The molecule has 20 heavy (non-hydrogen) atoms. The second-order valence-electron chi connectivity index (χ2n) is 5.99. The molecule has 2 nitrogen and oxygen atoms in total. The van der Waals surface area contributed by atoms with Gasteiger partial charge < -0.3 is 4.74 Å². The Kier molecular flexibility index (Phi) is 3.81. The van der Waals surface area contributed by atoms with Gasteiger partial charge in [0.25, 0.3) is 0 Å². The molecule has 2 rings (SSSR count). The van der Waals surface area contributed by atoms with E-state index in [1.807, 2.05) is 37.3 Å². The Bertz CT molecular complexity index is 643. The Labute approximate surface area is 120 Å². The number of hydrogen-bond acceptors (Lipinski definition) is 2. The summed E-state index contributed by atoms with van der Waals surface area (Å²) < 4.78 is 5.80. The van der Waals surface area contributed by atoms with E-state index < -0.39 is 0 Å². The molecule has 0 N–H and O–H groups in total. The largest absolute Gasteiger partial charge is 0.456 e. The number of benzene rings is 2. The van der Waals surface area contributed by atoms with Gasteiger partial charge in [0.1, 0.15) is 17.6 Å². The minimum atomic E-state index is 0.125. The van der Waals surface area contributed by atoms with Crippen LogP contribution in [-0.2, 0) is 5.41 Å². The fraction of sp³-hybridized carbons (Fsp3) is 0.278. The highest BCUT2D eigenvalue weighted by Crippen LogP contribution is 2.28. The van der Waals surface area contributed by atoms with Crippen molar-refractivity contribution in [1.82, 2.24) is 0 Å². The molecule has 0 aromatic heterocycles. The van der Waals surface area contributed by atoms with Crippen LogP contribution in [0, 0.1) is 18.3 Å². The van der Waals surface area contributed by atoms with Crippen molar-refractivity contribution < 1.29 is 4.74 Å². The maximum atomic E-state index is 9.14. The van der Waals surface area contributed by atoms with Crippen LogP contribution >= 0.6 is 0 Å². The smallest absolute Gasteiger partial charge is 0.145 e. The molecule has 0 aliphatic heterocycles. The molecule has 2 aromatic carbocycles. The number of rotatable bonds is 2. The number of nitrogens with zero attached hydrogens (tertiary/aromatic N) is 1. The molecule has 0 saturated carbocycles. The number of ether oxygens (including phenoxy) is 1. The second-order valence-corrected chi connectivity index (χ2v) is 5.99. The monoisotopic (exact) mass is 265 g/mol. The molecular formula is C18H19NO. The highest BCUT2D eigenvalue weighted by atomic mass is 16.5. The van der Waals surface area contributed by atoms with E-state index in [0.29, 0.717) is 11.3 Å². The van der Waals surface area contributed by atoms with Gasteiger partial charge in [-0.25, -0.2) is 0 Å². The van der Waals surface area contributed by atoms with Gasteiger partial charge in [0.15, 0.2) is 0 Å². The van der Waals surface area contributed by atoms with Gasteiger partial charge in [0.05, 0.1) is 5.56 Å². The Morgan fingerprint density at radius 1 is 1.00 bits per heavy atom. The van der Waals surface area contributed by atoms with E-state index in [9.17, 15) is 0 Å². The van der Waals surface area contributed by atoms with E-state index in [0.717, 1.165) is 11.3 Å². The zero-order valence-corrected chi connectivity index (χ0v) is 12.4. The number of hydrogen-bond donors (Lipinski definition) is 0. The van der Waals surface area contributed by atoms with E-state index >= 15 is 0 Å². The van der Waals surface area contributed by atoms with Gasteiger partial charge in [-0.3, -0.25) is 0 Å². The Morgan fingerprint density at radius 3 is 2.20 bits per heavy atom. The molecule has 0 heterocycles. The third kappa shape index (κ3) is 3.19. The van der Waals surface area contributed by atoms with Crippen LogP contribution in [0.15, 0.2) is 42.5 Å². The maximum absolute atomic E-state index is 9.14. The van der Waals surface area contributed by atoms with Crippen molar-refractivity contribution in [3.63, 3.8) is 0 Å². The minimum Gasteiger partial charge on any atom is -0.456 e. The van der Waals surface area contributed by atoms with E-state index in [1.54, 1.807) is 0 Å². The lowest BCUT2D eigenvalue weighted by molar-refractivity contribution is 0.479. The van der Waals surface area contributed by atoms with Gasteiger partial charge in [-0.1, -0.05) is 39.0 Å². The van der Waals surface area contributed by atoms with Crippen LogP contribution in [-0.4, -0.2) is 0 Å². The molecule has 0 spiro atoms. The summed E-state index contributed by atoms with van der Waals surface area (Å²) >= 11 is 0. The van der Waals surface area contributed by atoms with Crippen LogP contribution < -0.4 is 4.74 Å². The number of aryl methyl sites for hydroxylation is 1. The molecule has 102 valence electrons. The van der Waals surface area contributed by atoms with Gasteiger partial charge in [-0.05, 0) is 47.7 Å². The van der Waals surface area contributed by atoms with Gasteiger partial charge in [0, 0.05) is 0 Å². The van der Waals surface area contributed by atoms with E-state index in [1.165, 1.54) is 5.56 Å². The summed E-state index contributed by atoms with van der Waals surface area (Å²) in [6.45, 7) is 8.49. The first-order chi connectivity index (χ1) is 9.40. The summed E-state index contributed by atoms with van der Waals surface area (Å²) in [5, 5.41) is 9.14. The van der Waals surface area contributed by atoms with Crippen LogP contribution in [0.3, 0.4) is 0 Å². The third-order valence-electron chi connectivity index (χ3n) is 3.20. The Balaban J connectivity index is 2.25. The molecular weight excluding hydrogens is 246 g/mol. The number of nitriles is 1. The fourth-order valence-electron chi connectivity index (χ4n) is 1.97. The van der Waals surface area contributed by atoms with Crippen LogP contribution in [0.2, 0.25) is 0 Å². The highest BCUT2D eigenvalue weighted by molar-refractivity contribution is 5.47. The molecule has 0 aliphatic carbocycles. The van der Waals surface area contributed by atoms with Crippen LogP contribution in [0.4, 0.5) is 0 Å². The standard InChI is InChI=1S/C18H19NO/c1-13-5-10-17(14(11-13)12-19)20-16-8-6-15(7-9-16)18(2,3)4/h5-11H,1-4H3. The molecule has 0 saturated heterocycles. The molecule has 0 radical (unpaired) electrons. The van der Waals surface area contributed by atoms with Gasteiger partial charge in [0.2, 0.25) is 0 Å². The van der Waals surface area contributed by atoms with Gasteiger partial charge >= 0.3 is 0 Å². The maximum Gasteiger partial charge on any atom is 0.145 e. The van der Waals surface area contributed by atoms with E-state index in [4.69, 9.17) is 10.00 Å². The van der Waals surface area contributed by atoms with Crippen molar-refractivity contribution in [3.8, 4) is 17.6 Å². The average Bonchev–Trinajstić information content (AvgIpc) is 2.40. The predicted molar refractivity (Wildman–Crippen MR) is 81.1 cm³/mol. The van der Waals surface area contributed by atoms with Crippen molar-refractivity contribution in [2.45, 2.75) is 33.1 Å². The summed E-state index contributed by atoms with van der Waals surface area (Å²) in [6, 6.07) is 15.8. The lowest BCUT2D eigenvalue weighted by Crippen LogP contribution is -2.10. The van der Waals surface area contributed by atoms with Gasteiger partial charge in [-0.15, -0.1) is 0 Å². The van der Waals surface area contributed by atoms with Gasteiger partial charge in [-0.2, -0.15) is 5.26 Å². The molecule has 0 amide bonds. The molecule has 0 unspecified atom stereocenters. The second kappa shape index (κ2) is 5.38. The topological polar surface area (TPSA) is 33.0 Å². The first kappa shape index (κ1) is 14.1. The van der Waals surface area contributed by atoms with Crippen LogP contribution in [0.1, 0.15) is 37.5 Å². The van der Waals surface area contributed by atoms with Crippen molar-refractivity contribution in [2.75, 3.05) is 0 Å². The predicted octanol–water partition coefficient (Wildman–Crippen LogP) is 4.96. The van der Waals surface area contributed by atoms with E-state index in [2.05, 4.69) is 39.0 Å². The SMILES string of the molecule is Cc1ccc(Oc2ccc(C(C)(C)C)cc2)c(C#N)c1. The van der Waals surface area contributed by atoms with Crippen molar-refractivity contribution in [3.05, 3.63) is 59.2 Å². The van der Waals surface area contributed by atoms with Crippen molar-refractivity contribution in [2.24, 2.45) is 0 Å². The van der Waals surface area contributed by atoms with Crippen LogP contribution in [0.5, 0.6) is 11.5 Å². The third-order valence-corrected chi connectivity index (χ3v) is 3.20. The average molecular weight is 265 g/mol. The first-order valence-corrected chi connectivity index (χ1v) is 6.69. The molecule has 0 atom stereocenters. The van der Waals surface area contributed by atoms with Crippen molar-refractivity contribution >= 4 is 0 Å².